The minimum absolute atomic E-state index is 0.330. The molecule has 1 saturated heterocycles. The first-order chi connectivity index (χ1) is 8.51. The third kappa shape index (κ3) is 4.55. The van der Waals surface area contributed by atoms with Gasteiger partial charge in [-0.2, -0.15) is 0 Å². The summed E-state index contributed by atoms with van der Waals surface area (Å²) in [6.07, 6.45) is 6.76. The van der Waals surface area contributed by atoms with Crippen molar-refractivity contribution in [2.24, 2.45) is 5.92 Å². The van der Waals surface area contributed by atoms with Gasteiger partial charge in [0.2, 0.25) is 0 Å². The van der Waals surface area contributed by atoms with E-state index >= 15 is 0 Å². The molecule has 0 radical (unpaired) electrons. The van der Waals surface area contributed by atoms with E-state index in [2.05, 4.69) is 44.8 Å². The number of hydrogen-bond acceptors (Lipinski definition) is 2. The lowest BCUT2D eigenvalue weighted by Gasteiger charge is -2.47. The summed E-state index contributed by atoms with van der Waals surface area (Å²) in [6, 6.07) is 0.689. The summed E-state index contributed by atoms with van der Waals surface area (Å²) in [7, 11) is 0. The summed E-state index contributed by atoms with van der Waals surface area (Å²) < 4.78 is 0. The van der Waals surface area contributed by atoms with E-state index in [4.69, 9.17) is 0 Å². The summed E-state index contributed by atoms with van der Waals surface area (Å²) in [6.45, 7) is 15.4. The predicted molar refractivity (Wildman–Crippen MR) is 81.0 cm³/mol. The van der Waals surface area contributed by atoms with Gasteiger partial charge in [-0.25, -0.2) is 0 Å². The number of piperazine rings is 1. The highest BCUT2D eigenvalue weighted by molar-refractivity contribution is 4.94. The van der Waals surface area contributed by atoms with Crippen LogP contribution in [0.4, 0.5) is 0 Å². The van der Waals surface area contributed by atoms with Crippen molar-refractivity contribution in [2.75, 3.05) is 19.6 Å². The van der Waals surface area contributed by atoms with Gasteiger partial charge in [0.05, 0.1) is 0 Å². The Hall–Kier alpha value is -0.0800. The Bertz CT molecular complexity index is 225. The Kier molecular flexibility index (Phi) is 6.65. The lowest BCUT2D eigenvalue weighted by molar-refractivity contribution is 0.0504. The second-order valence-corrected chi connectivity index (χ2v) is 6.69. The van der Waals surface area contributed by atoms with Crippen LogP contribution >= 0.6 is 0 Å². The first kappa shape index (κ1) is 16.0. The second kappa shape index (κ2) is 7.49. The van der Waals surface area contributed by atoms with Gasteiger partial charge in [-0.1, -0.05) is 46.5 Å². The van der Waals surface area contributed by atoms with Crippen molar-refractivity contribution in [3.8, 4) is 0 Å². The number of nitrogens with zero attached hydrogens (tertiary/aromatic N) is 1. The van der Waals surface area contributed by atoms with Gasteiger partial charge in [0.15, 0.2) is 0 Å². The highest BCUT2D eigenvalue weighted by atomic mass is 15.3. The van der Waals surface area contributed by atoms with Gasteiger partial charge in [0.1, 0.15) is 0 Å². The van der Waals surface area contributed by atoms with Crippen molar-refractivity contribution < 1.29 is 0 Å². The molecule has 2 atom stereocenters. The number of nitrogens with one attached hydrogen (secondary N) is 1. The molecule has 0 aromatic heterocycles. The largest absolute Gasteiger partial charge is 0.311 e. The van der Waals surface area contributed by atoms with Crippen molar-refractivity contribution >= 4 is 0 Å². The molecule has 0 saturated carbocycles. The Morgan fingerprint density at radius 3 is 2.56 bits per heavy atom. The van der Waals surface area contributed by atoms with Crippen LogP contribution < -0.4 is 5.32 Å². The molecule has 108 valence electrons. The summed E-state index contributed by atoms with van der Waals surface area (Å²) in [5, 5.41) is 3.75. The second-order valence-electron chi connectivity index (χ2n) is 6.69. The molecule has 0 aromatic rings. The topological polar surface area (TPSA) is 15.3 Å². The normalized spacial score (nSPS) is 26.2. The maximum absolute atomic E-state index is 3.75. The molecular weight excluding hydrogens is 220 g/mol. The predicted octanol–water partition coefficient (Wildman–Crippen LogP) is 3.67. The van der Waals surface area contributed by atoms with E-state index in [0.29, 0.717) is 11.6 Å². The van der Waals surface area contributed by atoms with E-state index in [1.165, 1.54) is 45.2 Å². The Morgan fingerprint density at radius 2 is 1.94 bits per heavy atom. The molecule has 1 N–H and O–H groups in total. The standard InChI is InChI=1S/C16H34N2/c1-6-8-9-10-11-18-12-15(14(3)7-2)17-13-16(18,4)5/h14-15,17H,6-13H2,1-5H3. The van der Waals surface area contributed by atoms with Crippen LogP contribution in [0, 0.1) is 5.92 Å². The van der Waals surface area contributed by atoms with Crippen LogP contribution in [-0.2, 0) is 0 Å². The van der Waals surface area contributed by atoms with Crippen molar-refractivity contribution in [1.29, 1.82) is 0 Å². The molecule has 1 aliphatic heterocycles. The van der Waals surface area contributed by atoms with Crippen LogP contribution in [0.3, 0.4) is 0 Å². The van der Waals surface area contributed by atoms with Crippen LogP contribution in [0.2, 0.25) is 0 Å². The molecule has 2 heteroatoms. The van der Waals surface area contributed by atoms with Crippen molar-refractivity contribution in [2.45, 2.75) is 78.3 Å². The Labute approximate surface area is 115 Å². The zero-order valence-electron chi connectivity index (χ0n) is 13.3. The lowest BCUT2D eigenvalue weighted by atomic mass is 9.90. The molecule has 1 aliphatic rings. The van der Waals surface area contributed by atoms with E-state index in [1.807, 2.05) is 0 Å². The third-order valence-corrected chi connectivity index (χ3v) is 4.68. The molecule has 1 fully saturated rings. The van der Waals surface area contributed by atoms with E-state index < -0.39 is 0 Å². The van der Waals surface area contributed by atoms with Crippen LogP contribution in [0.5, 0.6) is 0 Å². The van der Waals surface area contributed by atoms with Crippen LogP contribution in [0.15, 0.2) is 0 Å². The van der Waals surface area contributed by atoms with Crippen LogP contribution in [-0.4, -0.2) is 36.1 Å². The maximum Gasteiger partial charge on any atom is 0.0278 e. The van der Waals surface area contributed by atoms with Crippen LogP contribution in [0.1, 0.15) is 66.7 Å². The van der Waals surface area contributed by atoms with E-state index in [0.717, 1.165) is 12.5 Å². The number of rotatable bonds is 7. The molecule has 2 nitrogen and oxygen atoms in total. The number of unbranched alkanes of at least 4 members (excludes halogenated alkanes) is 3. The van der Waals surface area contributed by atoms with E-state index in [-0.39, 0.29) is 0 Å². The molecule has 0 amide bonds. The van der Waals surface area contributed by atoms with Gasteiger partial charge in [0, 0.05) is 24.7 Å². The van der Waals surface area contributed by atoms with Crippen LogP contribution in [0.25, 0.3) is 0 Å². The average Bonchev–Trinajstić information content (AvgIpc) is 2.35. The van der Waals surface area contributed by atoms with Crippen molar-refractivity contribution in [1.82, 2.24) is 10.2 Å². The van der Waals surface area contributed by atoms with Gasteiger partial charge in [-0.05, 0) is 32.7 Å². The average molecular weight is 254 g/mol. The smallest absolute Gasteiger partial charge is 0.0278 e. The Morgan fingerprint density at radius 1 is 1.22 bits per heavy atom. The van der Waals surface area contributed by atoms with Crippen molar-refractivity contribution in [3.05, 3.63) is 0 Å². The lowest BCUT2D eigenvalue weighted by Crippen LogP contribution is -2.63. The van der Waals surface area contributed by atoms with Crippen molar-refractivity contribution in [3.63, 3.8) is 0 Å². The van der Waals surface area contributed by atoms with Gasteiger partial charge < -0.3 is 5.32 Å². The maximum atomic E-state index is 3.75. The first-order valence-corrected chi connectivity index (χ1v) is 7.99. The van der Waals surface area contributed by atoms with Gasteiger partial charge in [-0.3, -0.25) is 4.90 Å². The van der Waals surface area contributed by atoms with Gasteiger partial charge in [0.25, 0.3) is 0 Å². The molecule has 0 spiro atoms. The minimum atomic E-state index is 0.330. The Balaban J connectivity index is 2.44. The molecule has 0 bridgehead atoms. The highest BCUT2D eigenvalue weighted by Gasteiger charge is 2.34. The molecule has 2 unspecified atom stereocenters. The van der Waals surface area contributed by atoms with Gasteiger partial charge >= 0.3 is 0 Å². The molecule has 0 aromatic carbocycles. The fraction of sp³-hybridized carbons (Fsp3) is 1.00. The molecule has 1 heterocycles. The highest BCUT2D eigenvalue weighted by Crippen LogP contribution is 2.23. The van der Waals surface area contributed by atoms with Gasteiger partial charge in [-0.15, -0.1) is 0 Å². The molecule has 0 aliphatic carbocycles. The summed E-state index contributed by atoms with van der Waals surface area (Å²) in [4.78, 5) is 2.72. The summed E-state index contributed by atoms with van der Waals surface area (Å²) in [5.74, 6) is 0.791. The SMILES string of the molecule is CCCCCCN1CC(C(C)CC)NCC1(C)C. The minimum Gasteiger partial charge on any atom is -0.311 e. The van der Waals surface area contributed by atoms with E-state index in [9.17, 15) is 0 Å². The third-order valence-electron chi connectivity index (χ3n) is 4.68. The quantitative estimate of drug-likeness (QED) is 0.697. The number of hydrogen-bond donors (Lipinski definition) is 1. The monoisotopic (exact) mass is 254 g/mol. The summed E-state index contributed by atoms with van der Waals surface area (Å²) in [5.41, 5.74) is 0.330. The first-order valence-electron chi connectivity index (χ1n) is 7.99. The fourth-order valence-electron chi connectivity index (χ4n) is 2.83. The fourth-order valence-corrected chi connectivity index (χ4v) is 2.83. The zero-order valence-corrected chi connectivity index (χ0v) is 13.3. The zero-order chi connectivity index (χ0) is 13.6. The molecule has 18 heavy (non-hydrogen) atoms. The molecular formula is C16H34N2. The molecule has 1 rings (SSSR count). The summed E-state index contributed by atoms with van der Waals surface area (Å²) >= 11 is 0. The van der Waals surface area contributed by atoms with E-state index in [1.54, 1.807) is 0 Å².